The Bertz CT molecular complexity index is 1060. The van der Waals surface area contributed by atoms with Crippen molar-refractivity contribution < 1.29 is 8.42 Å². The summed E-state index contributed by atoms with van der Waals surface area (Å²) < 4.78 is 25.2. The Balaban J connectivity index is 1.73. The smallest absolute Gasteiger partial charge is 0.206 e. The summed E-state index contributed by atoms with van der Waals surface area (Å²) in [6, 6.07) is 22.7. The van der Waals surface area contributed by atoms with Gasteiger partial charge in [-0.25, -0.2) is 8.42 Å². The molecule has 0 radical (unpaired) electrons. The van der Waals surface area contributed by atoms with Crippen molar-refractivity contribution in [3.05, 3.63) is 83.9 Å². The maximum atomic E-state index is 12.6. The van der Waals surface area contributed by atoms with Crippen LogP contribution >= 0.6 is 11.8 Å². The Morgan fingerprint density at radius 1 is 0.923 bits per heavy atom. The van der Waals surface area contributed by atoms with Crippen molar-refractivity contribution in [3.63, 3.8) is 0 Å². The lowest BCUT2D eigenvalue weighted by molar-refractivity contribution is 0.596. The van der Waals surface area contributed by atoms with Gasteiger partial charge in [-0.05, 0) is 48.0 Å². The fraction of sp³-hybridized carbons (Fsp3) is 0.0500. The van der Waals surface area contributed by atoms with E-state index in [1.807, 2.05) is 18.2 Å². The van der Waals surface area contributed by atoms with Gasteiger partial charge in [0.15, 0.2) is 0 Å². The van der Waals surface area contributed by atoms with Gasteiger partial charge in [0.25, 0.3) is 0 Å². The number of hydrogen-bond donors (Lipinski definition) is 1. The second-order valence-corrected chi connectivity index (χ2v) is 8.61. The molecule has 0 aliphatic heterocycles. The van der Waals surface area contributed by atoms with Crippen molar-refractivity contribution >= 4 is 27.3 Å². The maximum absolute atomic E-state index is 12.6. The molecule has 3 aromatic carbocycles. The molecule has 0 saturated heterocycles. The lowest BCUT2D eigenvalue weighted by Crippen LogP contribution is -2.01. The standard InChI is InChI=1S/C20H16N2O2S2/c21-13-16-12-17(8-11-20(16)22)25-14-15-6-9-19(10-7-15)26(23,24)18-4-2-1-3-5-18/h1-12H,14,22H2. The van der Waals surface area contributed by atoms with Crippen molar-refractivity contribution in [2.75, 3.05) is 5.73 Å². The van der Waals surface area contributed by atoms with E-state index in [2.05, 4.69) is 6.07 Å². The molecule has 0 spiro atoms. The molecule has 0 unspecified atom stereocenters. The van der Waals surface area contributed by atoms with Gasteiger partial charge in [0.05, 0.1) is 15.4 Å². The van der Waals surface area contributed by atoms with Crippen LogP contribution in [0, 0.1) is 11.3 Å². The van der Waals surface area contributed by atoms with Gasteiger partial charge < -0.3 is 5.73 Å². The number of nitrogens with two attached hydrogens (primary N) is 1. The molecule has 0 amide bonds. The van der Waals surface area contributed by atoms with Crippen LogP contribution in [0.1, 0.15) is 11.1 Å². The number of rotatable bonds is 5. The van der Waals surface area contributed by atoms with Gasteiger partial charge in [-0.3, -0.25) is 0 Å². The number of nitrogen functional groups attached to an aromatic ring is 1. The summed E-state index contributed by atoms with van der Waals surface area (Å²) in [6.45, 7) is 0. The fourth-order valence-electron chi connectivity index (χ4n) is 2.39. The molecule has 0 aliphatic carbocycles. The number of sulfone groups is 1. The quantitative estimate of drug-likeness (QED) is 0.528. The molecule has 0 aliphatic rings. The summed E-state index contributed by atoms with van der Waals surface area (Å²) >= 11 is 1.57. The fourth-order valence-corrected chi connectivity index (χ4v) is 4.56. The first kappa shape index (κ1) is 18.1. The van der Waals surface area contributed by atoms with Crippen LogP contribution in [0.5, 0.6) is 0 Å². The van der Waals surface area contributed by atoms with E-state index in [-0.39, 0.29) is 9.79 Å². The van der Waals surface area contributed by atoms with Gasteiger partial charge in [0.1, 0.15) is 6.07 Å². The molecule has 130 valence electrons. The SMILES string of the molecule is N#Cc1cc(SCc2ccc(S(=O)(=O)c3ccccc3)cc2)ccc1N. The molecule has 3 rings (SSSR count). The molecule has 26 heavy (non-hydrogen) atoms. The van der Waals surface area contributed by atoms with E-state index >= 15 is 0 Å². The zero-order chi connectivity index (χ0) is 18.6. The largest absolute Gasteiger partial charge is 0.398 e. The van der Waals surface area contributed by atoms with Crippen molar-refractivity contribution in [2.24, 2.45) is 0 Å². The van der Waals surface area contributed by atoms with Crippen LogP contribution in [0.4, 0.5) is 5.69 Å². The Labute approximate surface area is 157 Å². The summed E-state index contributed by atoms with van der Waals surface area (Å²) in [5.74, 6) is 0.667. The second-order valence-electron chi connectivity index (χ2n) is 5.61. The van der Waals surface area contributed by atoms with Gasteiger partial charge in [-0.2, -0.15) is 5.26 Å². The average molecular weight is 380 g/mol. The van der Waals surface area contributed by atoms with E-state index in [9.17, 15) is 8.42 Å². The molecule has 0 bridgehead atoms. The minimum atomic E-state index is -3.49. The van der Waals surface area contributed by atoms with Crippen molar-refractivity contribution in [1.29, 1.82) is 5.26 Å². The highest BCUT2D eigenvalue weighted by Gasteiger charge is 2.16. The number of benzene rings is 3. The van der Waals surface area contributed by atoms with Crippen LogP contribution in [-0.2, 0) is 15.6 Å². The van der Waals surface area contributed by atoms with Gasteiger partial charge in [0.2, 0.25) is 9.84 Å². The summed E-state index contributed by atoms with van der Waals surface area (Å²) in [5.41, 5.74) is 7.64. The van der Waals surface area contributed by atoms with Crippen molar-refractivity contribution in [3.8, 4) is 6.07 Å². The van der Waals surface area contributed by atoms with Crippen LogP contribution in [0.2, 0.25) is 0 Å². The van der Waals surface area contributed by atoms with Gasteiger partial charge in [-0.1, -0.05) is 30.3 Å². The third-order valence-electron chi connectivity index (χ3n) is 3.84. The van der Waals surface area contributed by atoms with E-state index < -0.39 is 9.84 Å². The van der Waals surface area contributed by atoms with Crippen molar-refractivity contribution in [2.45, 2.75) is 20.4 Å². The van der Waals surface area contributed by atoms with E-state index in [1.165, 1.54) is 0 Å². The zero-order valence-electron chi connectivity index (χ0n) is 13.8. The van der Waals surface area contributed by atoms with Crippen LogP contribution < -0.4 is 5.73 Å². The normalized spacial score (nSPS) is 11.0. The Morgan fingerprint density at radius 2 is 1.58 bits per heavy atom. The Morgan fingerprint density at radius 3 is 2.23 bits per heavy atom. The highest BCUT2D eigenvalue weighted by Crippen LogP contribution is 2.27. The molecule has 0 atom stereocenters. The van der Waals surface area contributed by atoms with Crippen LogP contribution in [0.3, 0.4) is 0 Å². The minimum Gasteiger partial charge on any atom is -0.398 e. The first-order valence-electron chi connectivity index (χ1n) is 7.82. The first-order valence-corrected chi connectivity index (χ1v) is 10.3. The third-order valence-corrected chi connectivity index (χ3v) is 6.69. The molecule has 3 aromatic rings. The molecule has 0 fully saturated rings. The highest BCUT2D eigenvalue weighted by molar-refractivity contribution is 7.98. The van der Waals surface area contributed by atoms with Crippen molar-refractivity contribution in [1.82, 2.24) is 0 Å². The molecule has 0 heterocycles. The second kappa shape index (κ2) is 7.65. The number of anilines is 1. The highest BCUT2D eigenvalue weighted by atomic mass is 32.2. The predicted octanol–water partition coefficient (Wildman–Crippen LogP) is 4.27. The molecule has 2 N–H and O–H groups in total. The van der Waals surface area contributed by atoms with E-state index in [4.69, 9.17) is 11.0 Å². The number of nitriles is 1. The number of nitrogens with zero attached hydrogens (tertiary/aromatic N) is 1. The summed E-state index contributed by atoms with van der Waals surface area (Å²) in [4.78, 5) is 1.50. The zero-order valence-corrected chi connectivity index (χ0v) is 15.4. The van der Waals surface area contributed by atoms with Crippen LogP contribution in [-0.4, -0.2) is 8.42 Å². The van der Waals surface area contributed by atoms with E-state index in [0.29, 0.717) is 17.0 Å². The van der Waals surface area contributed by atoms with E-state index in [1.54, 1.807) is 66.4 Å². The lowest BCUT2D eigenvalue weighted by Gasteiger charge is -2.07. The topological polar surface area (TPSA) is 84.0 Å². The minimum absolute atomic E-state index is 0.275. The monoisotopic (exact) mass is 380 g/mol. The molecule has 4 nitrogen and oxygen atoms in total. The average Bonchev–Trinajstić information content (AvgIpc) is 2.68. The Hall–Kier alpha value is -2.75. The van der Waals surface area contributed by atoms with Gasteiger partial charge >= 0.3 is 0 Å². The molecule has 6 heteroatoms. The first-order chi connectivity index (χ1) is 12.5. The summed E-state index contributed by atoms with van der Waals surface area (Å²) in [6.07, 6.45) is 0. The predicted molar refractivity (Wildman–Crippen MR) is 103 cm³/mol. The Kier molecular flexibility index (Phi) is 5.31. The van der Waals surface area contributed by atoms with E-state index in [0.717, 1.165) is 10.5 Å². The third kappa shape index (κ3) is 3.90. The molecular weight excluding hydrogens is 364 g/mol. The van der Waals surface area contributed by atoms with Crippen LogP contribution in [0.25, 0.3) is 0 Å². The summed E-state index contributed by atoms with van der Waals surface area (Å²) in [7, 11) is -3.49. The molecular formula is C20H16N2O2S2. The summed E-state index contributed by atoms with van der Waals surface area (Å²) in [5, 5.41) is 9.03. The van der Waals surface area contributed by atoms with Gasteiger partial charge in [-0.15, -0.1) is 11.8 Å². The maximum Gasteiger partial charge on any atom is 0.206 e. The number of hydrogen-bond acceptors (Lipinski definition) is 5. The van der Waals surface area contributed by atoms with Crippen LogP contribution in [0.15, 0.2) is 87.5 Å². The number of thioether (sulfide) groups is 1. The molecule has 0 saturated carbocycles. The van der Waals surface area contributed by atoms with Gasteiger partial charge in [0, 0.05) is 16.3 Å². The molecule has 0 aromatic heterocycles. The lowest BCUT2D eigenvalue weighted by atomic mass is 10.2.